The lowest BCUT2D eigenvalue weighted by Crippen LogP contribution is -2.40. The number of carbonyl (C=O) groups is 1. The largest absolute Gasteiger partial charge is 0.476 e. The van der Waals surface area contributed by atoms with Crippen molar-refractivity contribution < 1.29 is 14.6 Å². The molecule has 1 N–H and O–H groups in total. The van der Waals surface area contributed by atoms with E-state index in [9.17, 15) is 15.2 Å². The summed E-state index contributed by atoms with van der Waals surface area (Å²) in [6.45, 7) is 1.32. The molecule has 1 aliphatic heterocycles. The van der Waals surface area contributed by atoms with Crippen LogP contribution in [0.4, 0.5) is 4.79 Å². The number of benzene rings is 1. The standard InChI is InChI=1S/C27H24N8O3/c1-33-25-21(12-31-33)9-20(11-30-25)24-23(19-6-4-17(10-28)5-7-19)32-26(22-13-29-16-35(22)24)38-15-18-3-2-8-34(14-18)27(36)37/h4-7,9,11-13,16,18H,2-3,8,14-15H2,1H3,(H,36,37)/t18-/m1/s1. The molecule has 5 heterocycles. The number of hydrogen-bond acceptors (Lipinski definition) is 7. The summed E-state index contributed by atoms with van der Waals surface area (Å²) >= 11 is 0. The Morgan fingerprint density at radius 3 is 2.84 bits per heavy atom. The van der Waals surface area contributed by atoms with Crippen LogP contribution in [-0.4, -0.2) is 64.9 Å². The molecule has 1 aromatic carbocycles. The first-order chi connectivity index (χ1) is 18.5. The van der Waals surface area contributed by atoms with Gasteiger partial charge in [-0.1, -0.05) is 12.1 Å². The second-order valence-corrected chi connectivity index (χ2v) is 9.41. The highest BCUT2D eigenvalue weighted by atomic mass is 16.5. The van der Waals surface area contributed by atoms with Crippen molar-refractivity contribution in [2.45, 2.75) is 12.8 Å². The summed E-state index contributed by atoms with van der Waals surface area (Å²) in [5, 5.41) is 23.9. The minimum atomic E-state index is -0.905. The van der Waals surface area contributed by atoms with Gasteiger partial charge in [-0.15, -0.1) is 0 Å². The zero-order valence-electron chi connectivity index (χ0n) is 20.7. The number of carboxylic acid groups (broad SMARTS) is 1. The molecule has 38 heavy (non-hydrogen) atoms. The van der Waals surface area contributed by atoms with Crippen LogP contribution in [0.1, 0.15) is 18.4 Å². The number of pyridine rings is 1. The molecule has 1 fully saturated rings. The Balaban J connectivity index is 1.45. The van der Waals surface area contributed by atoms with Crippen LogP contribution in [-0.2, 0) is 7.05 Å². The van der Waals surface area contributed by atoms with E-state index in [4.69, 9.17) is 9.72 Å². The SMILES string of the molecule is Cn1ncc2cc(-c3c(-c4ccc(C#N)cc4)nc(OC[C@@H]4CCCN(C(=O)O)C4)c4cncn34)cnc21. The van der Waals surface area contributed by atoms with Crippen LogP contribution in [0, 0.1) is 17.2 Å². The van der Waals surface area contributed by atoms with E-state index in [2.05, 4.69) is 21.1 Å². The number of piperidine rings is 1. The van der Waals surface area contributed by atoms with Crippen LogP contribution in [0.25, 0.3) is 39.1 Å². The second kappa shape index (κ2) is 9.48. The molecule has 1 atom stereocenters. The van der Waals surface area contributed by atoms with Gasteiger partial charge >= 0.3 is 6.09 Å². The predicted molar refractivity (Wildman–Crippen MR) is 138 cm³/mol. The van der Waals surface area contributed by atoms with Gasteiger partial charge in [0.05, 0.1) is 48.3 Å². The number of amides is 1. The molecule has 0 aliphatic carbocycles. The molecule has 1 saturated heterocycles. The topological polar surface area (TPSA) is 134 Å². The third-order valence-corrected chi connectivity index (χ3v) is 6.91. The van der Waals surface area contributed by atoms with Crippen molar-refractivity contribution in [3.63, 3.8) is 0 Å². The fourth-order valence-electron chi connectivity index (χ4n) is 4.99. The van der Waals surface area contributed by atoms with E-state index in [1.807, 2.05) is 29.6 Å². The average Bonchev–Trinajstić information content (AvgIpc) is 3.58. The molecular formula is C27H24N8O3. The molecule has 190 valence electrons. The van der Waals surface area contributed by atoms with E-state index in [-0.39, 0.29) is 5.92 Å². The normalized spacial score (nSPS) is 15.6. The number of imidazole rings is 1. The zero-order chi connectivity index (χ0) is 26.2. The maximum absolute atomic E-state index is 11.4. The molecule has 1 amide bonds. The van der Waals surface area contributed by atoms with Crippen LogP contribution in [0.15, 0.2) is 55.2 Å². The summed E-state index contributed by atoms with van der Waals surface area (Å²) in [6, 6.07) is 11.4. The average molecular weight is 509 g/mol. The summed E-state index contributed by atoms with van der Waals surface area (Å²) in [4.78, 5) is 26.8. The minimum Gasteiger partial charge on any atom is -0.476 e. The summed E-state index contributed by atoms with van der Waals surface area (Å²) in [7, 11) is 1.85. The highest BCUT2D eigenvalue weighted by Gasteiger charge is 2.25. The lowest BCUT2D eigenvalue weighted by Gasteiger charge is -2.30. The Hall–Kier alpha value is -4.98. The number of aromatic nitrogens is 6. The van der Waals surface area contributed by atoms with Gasteiger partial charge in [0, 0.05) is 48.8 Å². The molecule has 0 spiro atoms. The maximum Gasteiger partial charge on any atom is 0.407 e. The lowest BCUT2D eigenvalue weighted by atomic mass is 9.99. The quantitative estimate of drug-likeness (QED) is 0.377. The van der Waals surface area contributed by atoms with Crippen molar-refractivity contribution in [2.75, 3.05) is 19.7 Å². The van der Waals surface area contributed by atoms with Crippen molar-refractivity contribution in [3.05, 3.63) is 60.8 Å². The molecular weight excluding hydrogens is 484 g/mol. The van der Waals surface area contributed by atoms with Gasteiger partial charge in [0.1, 0.15) is 5.52 Å². The zero-order valence-corrected chi connectivity index (χ0v) is 20.7. The van der Waals surface area contributed by atoms with Crippen LogP contribution in [0.2, 0.25) is 0 Å². The van der Waals surface area contributed by atoms with E-state index in [1.54, 1.807) is 41.7 Å². The highest BCUT2D eigenvalue weighted by molar-refractivity contribution is 5.86. The van der Waals surface area contributed by atoms with Gasteiger partial charge < -0.3 is 14.7 Å². The van der Waals surface area contributed by atoms with Gasteiger partial charge in [0.2, 0.25) is 5.88 Å². The van der Waals surface area contributed by atoms with E-state index in [1.165, 1.54) is 4.90 Å². The summed E-state index contributed by atoms with van der Waals surface area (Å²) < 4.78 is 9.90. The molecule has 0 saturated carbocycles. The monoisotopic (exact) mass is 508 g/mol. The number of nitriles is 1. The minimum absolute atomic E-state index is 0.0693. The first-order valence-corrected chi connectivity index (χ1v) is 12.3. The van der Waals surface area contributed by atoms with Crippen LogP contribution in [0.3, 0.4) is 0 Å². The van der Waals surface area contributed by atoms with Crippen molar-refractivity contribution in [1.82, 2.24) is 34.0 Å². The smallest absolute Gasteiger partial charge is 0.407 e. The van der Waals surface area contributed by atoms with E-state index < -0.39 is 6.09 Å². The third kappa shape index (κ3) is 4.16. The van der Waals surface area contributed by atoms with Gasteiger partial charge in [-0.2, -0.15) is 10.4 Å². The van der Waals surface area contributed by atoms with Crippen molar-refractivity contribution in [1.29, 1.82) is 5.26 Å². The fraction of sp³-hybridized carbons (Fsp3) is 0.259. The van der Waals surface area contributed by atoms with Crippen molar-refractivity contribution in [3.8, 4) is 34.5 Å². The molecule has 6 rings (SSSR count). The third-order valence-electron chi connectivity index (χ3n) is 6.91. The Kier molecular flexibility index (Phi) is 5.84. The Morgan fingerprint density at radius 1 is 1.21 bits per heavy atom. The first kappa shape index (κ1) is 23.4. The molecule has 0 radical (unpaired) electrons. The number of fused-ring (bicyclic) bond motifs is 2. The van der Waals surface area contributed by atoms with Crippen molar-refractivity contribution >= 4 is 22.6 Å². The molecule has 11 nitrogen and oxygen atoms in total. The second-order valence-electron chi connectivity index (χ2n) is 9.41. The van der Waals surface area contributed by atoms with Gasteiger partial charge in [0.15, 0.2) is 5.65 Å². The highest BCUT2D eigenvalue weighted by Crippen LogP contribution is 2.36. The number of likely N-dealkylation sites (tertiary alicyclic amines) is 1. The van der Waals surface area contributed by atoms with E-state index >= 15 is 0 Å². The summed E-state index contributed by atoms with van der Waals surface area (Å²) in [5.74, 6) is 0.480. The van der Waals surface area contributed by atoms with Gasteiger partial charge in [-0.25, -0.2) is 19.7 Å². The summed E-state index contributed by atoms with van der Waals surface area (Å²) in [6.07, 6.45) is 7.76. The Bertz CT molecular complexity index is 1700. The first-order valence-electron chi connectivity index (χ1n) is 12.3. The lowest BCUT2D eigenvalue weighted by molar-refractivity contribution is 0.104. The molecule has 11 heteroatoms. The molecule has 1 aliphatic rings. The number of hydrogen-bond donors (Lipinski definition) is 1. The van der Waals surface area contributed by atoms with Crippen LogP contribution < -0.4 is 4.74 Å². The number of aryl methyl sites for hydroxylation is 1. The molecule has 4 aromatic heterocycles. The Morgan fingerprint density at radius 2 is 2.05 bits per heavy atom. The van der Waals surface area contributed by atoms with Gasteiger partial charge in [-0.05, 0) is 31.0 Å². The molecule has 0 bridgehead atoms. The molecule has 0 unspecified atom stereocenters. The van der Waals surface area contributed by atoms with Crippen LogP contribution >= 0.6 is 0 Å². The van der Waals surface area contributed by atoms with Gasteiger partial charge in [0.25, 0.3) is 0 Å². The number of nitrogens with zero attached hydrogens (tertiary/aromatic N) is 8. The van der Waals surface area contributed by atoms with Gasteiger partial charge in [-0.3, -0.25) is 9.08 Å². The van der Waals surface area contributed by atoms with E-state index in [0.717, 1.165) is 40.7 Å². The maximum atomic E-state index is 11.4. The summed E-state index contributed by atoms with van der Waals surface area (Å²) in [5.41, 5.74) is 5.07. The molecule has 5 aromatic rings. The fourth-order valence-corrected chi connectivity index (χ4v) is 4.99. The predicted octanol–water partition coefficient (Wildman–Crippen LogP) is 3.99. The van der Waals surface area contributed by atoms with Crippen molar-refractivity contribution in [2.24, 2.45) is 13.0 Å². The van der Waals surface area contributed by atoms with Crippen LogP contribution in [0.5, 0.6) is 5.88 Å². The number of rotatable bonds is 5. The Labute approximate surface area is 217 Å². The number of ether oxygens (including phenoxy) is 1. The van der Waals surface area contributed by atoms with E-state index in [0.29, 0.717) is 42.4 Å².